The van der Waals surface area contributed by atoms with E-state index in [1.54, 1.807) is 32.0 Å². The monoisotopic (exact) mass is 489 g/mol. The van der Waals surface area contributed by atoms with Crippen molar-refractivity contribution in [3.63, 3.8) is 0 Å². The number of esters is 1. The highest BCUT2D eigenvalue weighted by Crippen LogP contribution is 2.27. The summed E-state index contributed by atoms with van der Waals surface area (Å²) < 4.78 is 10.7. The number of nitrogens with zero attached hydrogens (tertiary/aromatic N) is 1. The number of benzene rings is 1. The van der Waals surface area contributed by atoms with Crippen molar-refractivity contribution in [1.82, 2.24) is 15.5 Å². The number of piperazine rings is 1. The van der Waals surface area contributed by atoms with E-state index in [2.05, 4.69) is 10.6 Å². The van der Waals surface area contributed by atoms with Crippen LogP contribution in [-0.2, 0) is 19.1 Å². The Labute approximate surface area is 196 Å². The Balaban J connectivity index is 1.81. The van der Waals surface area contributed by atoms with Gasteiger partial charge in [-0.25, -0.2) is 0 Å². The van der Waals surface area contributed by atoms with Crippen LogP contribution in [0.2, 0.25) is 10.0 Å². The standard InChI is InChI=1S/C20H25Cl2N3O5S/c1-12(2)30-18(27)11-15-19(28)23-7-8-25(15)20(31)24-17(26)4-3-9-29-16-6-5-13(21)10-14(16)22/h5-6,10,12,15H,3-4,7-9,11H2,1-2H3,(H,23,28)(H,24,26,31). The molecule has 0 spiro atoms. The van der Waals surface area contributed by atoms with Crippen LogP contribution in [0.1, 0.15) is 33.1 Å². The number of ether oxygens (including phenoxy) is 2. The summed E-state index contributed by atoms with van der Waals surface area (Å²) in [6.07, 6.45) is 0.142. The molecule has 1 unspecified atom stereocenters. The van der Waals surface area contributed by atoms with Crippen molar-refractivity contribution in [2.24, 2.45) is 0 Å². The van der Waals surface area contributed by atoms with E-state index in [9.17, 15) is 14.4 Å². The summed E-state index contributed by atoms with van der Waals surface area (Å²) in [6, 6.07) is 4.07. The number of amides is 2. The molecule has 31 heavy (non-hydrogen) atoms. The van der Waals surface area contributed by atoms with E-state index >= 15 is 0 Å². The number of halogens is 2. The second-order valence-electron chi connectivity index (χ2n) is 7.12. The van der Waals surface area contributed by atoms with Crippen LogP contribution in [0.4, 0.5) is 0 Å². The number of rotatable bonds is 8. The molecule has 0 radical (unpaired) electrons. The highest BCUT2D eigenvalue weighted by molar-refractivity contribution is 7.80. The van der Waals surface area contributed by atoms with E-state index in [1.165, 1.54) is 4.90 Å². The van der Waals surface area contributed by atoms with Gasteiger partial charge in [-0.2, -0.15) is 0 Å². The van der Waals surface area contributed by atoms with Gasteiger partial charge >= 0.3 is 5.97 Å². The van der Waals surface area contributed by atoms with E-state index in [1.807, 2.05) is 0 Å². The second kappa shape index (κ2) is 12.1. The minimum absolute atomic E-state index is 0.101. The van der Waals surface area contributed by atoms with E-state index in [0.717, 1.165) is 0 Å². The molecule has 8 nitrogen and oxygen atoms in total. The predicted octanol–water partition coefficient (Wildman–Crippen LogP) is 2.70. The van der Waals surface area contributed by atoms with Gasteiger partial charge in [-0.15, -0.1) is 0 Å². The largest absolute Gasteiger partial charge is 0.492 e. The number of carbonyl (C=O) groups excluding carboxylic acids is 3. The molecule has 170 valence electrons. The van der Waals surface area contributed by atoms with Gasteiger partial charge < -0.3 is 25.0 Å². The predicted molar refractivity (Wildman–Crippen MR) is 121 cm³/mol. The minimum Gasteiger partial charge on any atom is -0.492 e. The summed E-state index contributed by atoms with van der Waals surface area (Å²) in [5.41, 5.74) is 0. The molecule has 0 saturated carbocycles. The maximum atomic E-state index is 12.3. The molecule has 1 aliphatic rings. The molecule has 1 aromatic rings. The molecule has 1 heterocycles. The first kappa shape index (κ1) is 25.2. The van der Waals surface area contributed by atoms with Crippen LogP contribution in [-0.4, -0.2) is 59.6 Å². The van der Waals surface area contributed by atoms with Crippen molar-refractivity contribution in [1.29, 1.82) is 0 Å². The lowest BCUT2D eigenvalue weighted by molar-refractivity contribution is -0.150. The molecule has 1 atom stereocenters. The Kier molecular flexibility index (Phi) is 9.80. The lowest BCUT2D eigenvalue weighted by atomic mass is 10.1. The lowest BCUT2D eigenvalue weighted by Crippen LogP contribution is -2.60. The fraction of sp³-hybridized carbons (Fsp3) is 0.500. The molecule has 1 aliphatic heterocycles. The van der Waals surface area contributed by atoms with Crippen LogP contribution < -0.4 is 15.4 Å². The number of thiocarbonyl (C=S) groups is 1. The molecule has 1 aromatic carbocycles. The van der Waals surface area contributed by atoms with Crippen molar-refractivity contribution < 1.29 is 23.9 Å². The highest BCUT2D eigenvalue weighted by atomic mass is 35.5. The first-order valence-corrected chi connectivity index (χ1v) is 11.0. The molecule has 11 heteroatoms. The zero-order valence-electron chi connectivity index (χ0n) is 17.3. The summed E-state index contributed by atoms with van der Waals surface area (Å²) in [4.78, 5) is 38.0. The van der Waals surface area contributed by atoms with Crippen LogP contribution in [0.15, 0.2) is 18.2 Å². The third-order valence-corrected chi connectivity index (χ3v) is 5.13. The number of hydrogen-bond donors (Lipinski definition) is 2. The third kappa shape index (κ3) is 8.16. The molecule has 1 fully saturated rings. The van der Waals surface area contributed by atoms with Crippen LogP contribution in [0, 0.1) is 0 Å². The Morgan fingerprint density at radius 1 is 1.35 bits per heavy atom. The van der Waals surface area contributed by atoms with Gasteiger partial charge in [-0.1, -0.05) is 23.2 Å². The summed E-state index contributed by atoms with van der Waals surface area (Å²) in [5.74, 6) is -0.672. The molecule has 0 bridgehead atoms. The Hall–Kier alpha value is -2.10. The van der Waals surface area contributed by atoms with Crippen molar-refractivity contribution in [3.8, 4) is 5.75 Å². The van der Waals surface area contributed by atoms with Gasteiger partial charge in [0.15, 0.2) is 5.11 Å². The van der Waals surface area contributed by atoms with Gasteiger partial charge in [-0.05, 0) is 50.7 Å². The molecule has 0 aliphatic carbocycles. The van der Waals surface area contributed by atoms with Crippen LogP contribution in [0.5, 0.6) is 5.75 Å². The molecule has 2 rings (SSSR count). The van der Waals surface area contributed by atoms with Gasteiger partial charge in [0, 0.05) is 24.5 Å². The van der Waals surface area contributed by atoms with Crippen molar-refractivity contribution >= 4 is 58.3 Å². The summed E-state index contributed by atoms with van der Waals surface area (Å²) >= 11 is 17.2. The first-order chi connectivity index (χ1) is 14.7. The van der Waals surface area contributed by atoms with Crippen LogP contribution in [0.25, 0.3) is 0 Å². The topological polar surface area (TPSA) is 97.0 Å². The second-order valence-corrected chi connectivity index (χ2v) is 8.35. The van der Waals surface area contributed by atoms with Crippen LogP contribution in [0.3, 0.4) is 0 Å². The minimum atomic E-state index is -0.830. The van der Waals surface area contributed by atoms with Gasteiger partial charge in [-0.3, -0.25) is 14.4 Å². The lowest BCUT2D eigenvalue weighted by Gasteiger charge is -2.36. The number of carbonyl (C=O) groups is 3. The smallest absolute Gasteiger partial charge is 0.308 e. The van der Waals surface area contributed by atoms with Crippen molar-refractivity contribution in [3.05, 3.63) is 28.2 Å². The van der Waals surface area contributed by atoms with Crippen LogP contribution >= 0.6 is 35.4 Å². The summed E-state index contributed by atoms with van der Waals surface area (Å²) in [5, 5.41) is 6.32. The van der Waals surface area contributed by atoms with E-state index < -0.39 is 12.0 Å². The third-order valence-electron chi connectivity index (χ3n) is 4.26. The Bertz CT molecular complexity index is 837. The molecule has 1 saturated heterocycles. The SMILES string of the molecule is CC(C)OC(=O)CC1C(=O)NCCN1C(=S)NC(=O)CCCOc1ccc(Cl)cc1Cl. The average molecular weight is 490 g/mol. The van der Waals surface area contributed by atoms with E-state index in [4.69, 9.17) is 44.9 Å². The first-order valence-electron chi connectivity index (χ1n) is 9.83. The zero-order valence-corrected chi connectivity index (χ0v) is 19.6. The fourth-order valence-corrected chi connectivity index (χ4v) is 3.69. The quantitative estimate of drug-likeness (QED) is 0.329. The van der Waals surface area contributed by atoms with Gasteiger partial charge in [0.1, 0.15) is 11.8 Å². The maximum Gasteiger partial charge on any atom is 0.308 e. The Morgan fingerprint density at radius 2 is 2.10 bits per heavy atom. The Morgan fingerprint density at radius 3 is 2.77 bits per heavy atom. The molecular formula is C20H25Cl2N3O5S. The highest BCUT2D eigenvalue weighted by Gasteiger charge is 2.34. The van der Waals surface area contributed by atoms with Gasteiger partial charge in [0.25, 0.3) is 0 Å². The molecular weight excluding hydrogens is 465 g/mol. The van der Waals surface area contributed by atoms with Crippen molar-refractivity contribution in [2.45, 2.75) is 45.3 Å². The zero-order chi connectivity index (χ0) is 23.0. The number of hydrogen-bond acceptors (Lipinski definition) is 6. The fourth-order valence-electron chi connectivity index (χ4n) is 2.89. The summed E-state index contributed by atoms with van der Waals surface area (Å²) in [7, 11) is 0. The maximum absolute atomic E-state index is 12.3. The van der Waals surface area contributed by atoms with E-state index in [-0.39, 0.29) is 42.5 Å². The van der Waals surface area contributed by atoms with Gasteiger partial charge in [0.05, 0.1) is 24.2 Å². The van der Waals surface area contributed by atoms with Crippen molar-refractivity contribution in [2.75, 3.05) is 19.7 Å². The molecule has 0 aromatic heterocycles. The summed E-state index contributed by atoms with van der Waals surface area (Å²) in [6.45, 7) is 4.47. The molecule has 2 amide bonds. The van der Waals surface area contributed by atoms with Gasteiger partial charge in [0.2, 0.25) is 11.8 Å². The number of nitrogens with one attached hydrogen (secondary N) is 2. The van der Waals surface area contributed by atoms with E-state index in [0.29, 0.717) is 35.3 Å². The average Bonchev–Trinajstić information content (AvgIpc) is 2.67. The normalized spacial score (nSPS) is 16.0. The molecule has 2 N–H and O–H groups in total.